The number of hydrogen-bond acceptors (Lipinski definition) is 4. The molecule has 1 aromatic heterocycles. The molecule has 0 fully saturated rings. The quantitative estimate of drug-likeness (QED) is 0.710. The van der Waals surface area contributed by atoms with Gasteiger partial charge in [0.25, 0.3) is 0 Å². The summed E-state index contributed by atoms with van der Waals surface area (Å²) in [5.74, 6) is 0. The zero-order chi connectivity index (χ0) is 14.2. The van der Waals surface area contributed by atoms with Crippen LogP contribution in [0, 0.1) is 0 Å². The van der Waals surface area contributed by atoms with Gasteiger partial charge in [0.1, 0.15) is 0 Å². The maximum atomic E-state index is 5.42. The van der Waals surface area contributed by atoms with E-state index in [1.54, 1.807) is 7.11 Å². The SMILES string of the molecule is CCOCCn1nc(CNCCOC)c2ccccc21. The van der Waals surface area contributed by atoms with E-state index in [-0.39, 0.29) is 0 Å². The summed E-state index contributed by atoms with van der Waals surface area (Å²) in [5, 5.41) is 9.24. The molecule has 1 heterocycles. The first-order valence-electron chi connectivity index (χ1n) is 7.08. The molecule has 0 saturated carbocycles. The third kappa shape index (κ3) is 3.79. The second kappa shape index (κ2) is 7.99. The Morgan fingerprint density at radius 3 is 2.90 bits per heavy atom. The van der Waals surface area contributed by atoms with Gasteiger partial charge in [-0.25, -0.2) is 0 Å². The van der Waals surface area contributed by atoms with Gasteiger partial charge in [-0.05, 0) is 13.0 Å². The predicted octanol–water partition coefficient (Wildman–Crippen LogP) is 1.81. The molecule has 2 aromatic rings. The third-order valence-electron chi connectivity index (χ3n) is 3.16. The Balaban J connectivity index is 2.09. The van der Waals surface area contributed by atoms with Gasteiger partial charge in [0.15, 0.2) is 0 Å². The van der Waals surface area contributed by atoms with Crippen molar-refractivity contribution in [1.82, 2.24) is 15.1 Å². The Morgan fingerprint density at radius 2 is 2.10 bits per heavy atom. The lowest BCUT2D eigenvalue weighted by Crippen LogP contribution is -2.19. The molecular weight excluding hydrogens is 254 g/mol. The number of ether oxygens (including phenoxy) is 2. The van der Waals surface area contributed by atoms with Crippen LogP contribution in [0.1, 0.15) is 12.6 Å². The Hall–Kier alpha value is -1.43. The van der Waals surface area contributed by atoms with Gasteiger partial charge in [-0.1, -0.05) is 18.2 Å². The highest BCUT2D eigenvalue weighted by atomic mass is 16.5. The van der Waals surface area contributed by atoms with Gasteiger partial charge in [-0.3, -0.25) is 4.68 Å². The fourth-order valence-electron chi connectivity index (χ4n) is 2.17. The molecule has 0 unspecified atom stereocenters. The van der Waals surface area contributed by atoms with Crippen molar-refractivity contribution in [3.8, 4) is 0 Å². The van der Waals surface area contributed by atoms with Gasteiger partial charge in [-0.2, -0.15) is 5.10 Å². The Kier molecular flexibility index (Phi) is 5.98. The molecule has 110 valence electrons. The van der Waals surface area contributed by atoms with Crippen molar-refractivity contribution in [3.05, 3.63) is 30.0 Å². The summed E-state index contributed by atoms with van der Waals surface area (Å²) in [7, 11) is 1.71. The summed E-state index contributed by atoms with van der Waals surface area (Å²) < 4.78 is 12.5. The average Bonchev–Trinajstić information content (AvgIpc) is 2.83. The molecule has 0 aliphatic carbocycles. The fourth-order valence-corrected chi connectivity index (χ4v) is 2.17. The monoisotopic (exact) mass is 277 g/mol. The lowest BCUT2D eigenvalue weighted by Gasteiger charge is -2.03. The summed E-state index contributed by atoms with van der Waals surface area (Å²) in [4.78, 5) is 0. The Bertz CT molecular complexity index is 525. The number of aromatic nitrogens is 2. The second-order valence-electron chi connectivity index (χ2n) is 4.55. The number of benzene rings is 1. The van der Waals surface area contributed by atoms with Gasteiger partial charge in [0, 0.05) is 32.2 Å². The second-order valence-corrected chi connectivity index (χ2v) is 4.55. The average molecular weight is 277 g/mol. The summed E-state index contributed by atoms with van der Waals surface area (Å²) in [6.45, 7) is 6.52. The van der Waals surface area contributed by atoms with Crippen molar-refractivity contribution < 1.29 is 9.47 Å². The normalized spacial score (nSPS) is 11.3. The minimum Gasteiger partial charge on any atom is -0.383 e. The van der Waals surface area contributed by atoms with E-state index >= 15 is 0 Å². The highest BCUT2D eigenvalue weighted by molar-refractivity contribution is 5.81. The van der Waals surface area contributed by atoms with E-state index in [0.717, 1.165) is 37.5 Å². The van der Waals surface area contributed by atoms with Gasteiger partial charge < -0.3 is 14.8 Å². The first-order chi connectivity index (χ1) is 9.86. The first-order valence-corrected chi connectivity index (χ1v) is 7.08. The van der Waals surface area contributed by atoms with Crippen LogP contribution < -0.4 is 5.32 Å². The molecule has 0 saturated heterocycles. The molecule has 0 atom stereocenters. The van der Waals surface area contributed by atoms with Gasteiger partial charge in [0.2, 0.25) is 0 Å². The van der Waals surface area contributed by atoms with E-state index in [0.29, 0.717) is 13.2 Å². The number of rotatable bonds is 9. The summed E-state index contributed by atoms with van der Waals surface area (Å²) >= 11 is 0. The van der Waals surface area contributed by atoms with Crippen molar-refractivity contribution in [3.63, 3.8) is 0 Å². The summed E-state index contributed by atoms with van der Waals surface area (Å²) in [5.41, 5.74) is 2.24. The molecule has 0 aliphatic heterocycles. The zero-order valence-electron chi connectivity index (χ0n) is 12.3. The van der Waals surface area contributed by atoms with E-state index < -0.39 is 0 Å². The molecule has 20 heavy (non-hydrogen) atoms. The molecule has 0 aliphatic rings. The lowest BCUT2D eigenvalue weighted by molar-refractivity contribution is 0.137. The molecule has 0 amide bonds. The Labute approximate surface area is 119 Å². The highest BCUT2D eigenvalue weighted by Crippen LogP contribution is 2.18. The van der Waals surface area contributed by atoms with Crippen molar-refractivity contribution in [2.75, 3.05) is 33.5 Å². The summed E-state index contributed by atoms with van der Waals surface area (Å²) in [6.07, 6.45) is 0. The number of nitrogens with one attached hydrogen (secondary N) is 1. The molecule has 2 rings (SSSR count). The first kappa shape index (κ1) is 15.0. The third-order valence-corrected chi connectivity index (χ3v) is 3.16. The number of fused-ring (bicyclic) bond motifs is 1. The largest absolute Gasteiger partial charge is 0.383 e. The molecule has 0 spiro atoms. The van der Waals surface area contributed by atoms with Crippen molar-refractivity contribution in [2.24, 2.45) is 0 Å². The van der Waals surface area contributed by atoms with Crippen LogP contribution in [-0.4, -0.2) is 43.3 Å². The van der Waals surface area contributed by atoms with E-state index in [4.69, 9.17) is 14.6 Å². The van der Waals surface area contributed by atoms with Gasteiger partial charge in [-0.15, -0.1) is 0 Å². The van der Waals surface area contributed by atoms with E-state index in [1.165, 1.54) is 5.39 Å². The van der Waals surface area contributed by atoms with E-state index in [2.05, 4.69) is 23.5 Å². The van der Waals surface area contributed by atoms with Crippen molar-refractivity contribution >= 4 is 10.9 Å². The van der Waals surface area contributed by atoms with Gasteiger partial charge in [0.05, 0.1) is 31.0 Å². The van der Waals surface area contributed by atoms with Crippen LogP contribution in [0.25, 0.3) is 10.9 Å². The fraction of sp³-hybridized carbons (Fsp3) is 0.533. The summed E-state index contributed by atoms with van der Waals surface area (Å²) in [6, 6.07) is 8.32. The van der Waals surface area contributed by atoms with Crippen LogP contribution in [0.15, 0.2) is 24.3 Å². The Morgan fingerprint density at radius 1 is 1.25 bits per heavy atom. The standard InChI is InChI=1S/C15H23N3O2/c1-3-20-11-9-18-15-7-5-4-6-13(15)14(17-18)12-16-8-10-19-2/h4-7,16H,3,8-12H2,1-2H3. The predicted molar refractivity (Wildman–Crippen MR) is 79.8 cm³/mol. The molecule has 1 aromatic carbocycles. The minimum absolute atomic E-state index is 0.693. The maximum absolute atomic E-state index is 5.42. The van der Waals surface area contributed by atoms with E-state index in [9.17, 15) is 0 Å². The van der Waals surface area contributed by atoms with Crippen LogP contribution >= 0.6 is 0 Å². The smallest absolute Gasteiger partial charge is 0.0841 e. The van der Waals surface area contributed by atoms with Crippen LogP contribution in [0.4, 0.5) is 0 Å². The number of hydrogen-bond donors (Lipinski definition) is 1. The van der Waals surface area contributed by atoms with Crippen LogP contribution in [0.2, 0.25) is 0 Å². The zero-order valence-corrected chi connectivity index (χ0v) is 12.3. The highest BCUT2D eigenvalue weighted by Gasteiger charge is 2.09. The molecule has 5 heteroatoms. The number of methoxy groups -OCH3 is 1. The molecule has 0 bridgehead atoms. The molecule has 5 nitrogen and oxygen atoms in total. The van der Waals surface area contributed by atoms with Gasteiger partial charge >= 0.3 is 0 Å². The molecule has 0 radical (unpaired) electrons. The number of nitrogens with zero attached hydrogens (tertiary/aromatic N) is 2. The van der Waals surface area contributed by atoms with Crippen LogP contribution in [0.5, 0.6) is 0 Å². The lowest BCUT2D eigenvalue weighted by atomic mass is 10.2. The molecular formula is C15H23N3O2. The number of para-hydroxylation sites is 1. The molecule has 1 N–H and O–H groups in total. The minimum atomic E-state index is 0.693. The van der Waals surface area contributed by atoms with Crippen molar-refractivity contribution in [2.45, 2.75) is 20.0 Å². The topological polar surface area (TPSA) is 48.3 Å². The maximum Gasteiger partial charge on any atom is 0.0841 e. The van der Waals surface area contributed by atoms with E-state index in [1.807, 2.05) is 17.7 Å². The van der Waals surface area contributed by atoms with Crippen LogP contribution in [-0.2, 0) is 22.6 Å². The van der Waals surface area contributed by atoms with Crippen LogP contribution in [0.3, 0.4) is 0 Å². The van der Waals surface area contributed by atoms with Crippen molar-refractivity contribution in [1.29, 1.82) is 0 Å².